The van der Waals surface area contributed by atoms with Gasteiger partial charge in [-0.3, -0.25) is 4.79 Å². The van der Waals surface area contributed by atoms with Gasteiger partial charge in [-0.1, -0.05) is 20.8 Å². The van der Waals surface area contributed by atoms with Gasteiger partial charge in [0.2, 0.25) is 0 Å². The molecule has 122 valence electrons. The fourth-order valence-electron chi connectivity index (χ4n) is 3.42. The molecule has 2 aliphatic rings. The molecule has 0 aromatic heterocycles. The van der Waals surface area contributed by atoms with Crippen LogP contribution in [0.4, 0.5) is 0 Å². The predicted octanol–water partition coefficient (Wildman–Crippen LogP) is 1.54. The Morgan fingerprint density at radius 1 is 1.19 bits per heavy atom. The first-order valence-corrected chi connectivity index (χ1v) is 9.05. The molecule has 2 saturated heterocycles. The minimum absolute atomic E-state index is 0.300. The number of nitrogens with zero attached hydrogens (tertiary/aromatic N) is 2. The Balaban J connectivity index is 2.27. The molecule has 1 unspecified atom stereocenters. The second kappa shape index (κ2) is 5.85. The third-order valence-electron chi connectivity index (χ3n) is 4.83. The van der Waals surface area contributed by atoms with Crippen molar-refractivity contribution in [3.8, 4) is 0 Å². The summed E-state index contributed by atoms with van der Waals surface area (Å²) in [4.78, 5) is 11.6. The Bertz CT molecular complexity index is 495. The first-order valence-electron chi connectivity index (χ1n) is 7.66. The summed E-state index contributed by atoms with van der Waals surface area (Å²) in [5.74, 6) is -0.516. The normalized spacial score (nSPS) is 29.4. The minimum Gasteiger partial charge on any atom is -0.480 e. The summed E-state index contributed by atoms with van der Waals surface area (Å²) in [6.45, 7) is 7.08. The number of carboxylic acids is 1. The van der Waals surface area contributed by atoms with Crippen molar-refractivity contribution < 1.29 is 18.3 Å². The summed E-state index contributed by atoms with van der Waals surface area (Å²) >= 11 is 0. The zero-order valence-corrected chi connectivity index (χ0v) is 13.9. The molecule has 7 heteroatoms. The van der Waals surface area contributed by atoms with Crippen LogP contribution in [-0.2, 0) is 15.0 Å². The number of rotatable bonds is 3. The lowest BCUT2D eigenvalue weighted by Gasteiger charge is -2.45. The highest BCUT2D eigenvalue weighted by molar-refractivity contribution is 7.86. The Labute approximate surface area is 127 Å². The largest absolute Gasteiger partial charge is 0.480 e. The van der Waals surface area contributed by atoms with Gasteiger partial charge in [-0.2, -0.15) is 17.0 Å². The van der Waals surface area contributed by atoms with Crippen LogP contribution >= 0.6 is 0 Å². The van der Waals surface area contributed by atoms with Gasteiger partial charge in [-0.05, 0) is 37.0 Å². The molecule has 0 spiro atoms. The molecule has 2 fully saturated rings. The maximum Gasteiger partial charge on any atom is 0.322 e. The predicted molar refractivity (Wildman–Crippen MR) is 80.0 cm³/mol. The van der Waals surface area contributed by atoms with Gasteiger partial charge in [0, 0.05) is 19.6 Å². The van der Waals surface area contributed by atoms with Crippen LogP contribution < -0.4 is 0 Å². The Morgan fingerprint density at radius 3 is 2.29 bits per heavy atom. The summed E-state index contributed by atoms with van der Waals surface area (Å²) in [6.07, 6.45) is 3.12. The lowest BCUT2D eigenvalue weighted by Crippen LogP contribution is -2.60. The minimum atomic E-state index is -3.69. The van der Waals surface area contributed by atoms with Gasteiger partial charge in [0.15, 0.2) is 0 Å². The van der Waals surface area contributed by atoms with Gasteiger partial charge in [-0.15, -0.1) is 0 Å². The summed E-state index contributed by atoms with van der Waals surface area (Å²) in [7, 11) is -3.69. The standard InChI is InChI=1S/C14H26N2O4S/c1-11-5-9-15(10-6-11)21(19,20)16-8-4-7-14(2,3)12(16)13(17)18/h11-12H,4-10H2,1-3H3,(H,17,18). The molecule has 0 radical (unpaired) electrons. The number of carbonyl (C=O) groups is 1. The quantitative estimate of drug-likeness (QED) is 0.856. The first-order chi connectivity index (χ1) is 9.66. The monoisotopic (exact) mass is 318 g/mol. The number of aliphatic carboxylic acids is 1. The molecule has 1 N–H and O–H groups in total. The van der Waals surface area contributed by atoms with E-state index in [1.54, 1.807) is 0 Å². The lowest BCUT2D eigenvalue weighted by molar-refractivity contribution is -0.147. The molecule has 0 amide bonds. The highest BCUT2D eigenvalue weighted by Gasteiger charge is 2.49. The number of hydrogen-bond donors (Lipinski definition) is 1. The lowest BCUT2D eigenvalue weighted by atomic mass is 9.77. The molecule has 2 heterocycles. The SMILES string of the molecule is CC1CCN(S(=O)(=O)N2CCCC(C)(C)C2C(=O)O)CC1. The van der Waals surface area contributed by atoms with Gasteiger partial charge in [0.05, 0.1) is 0 Å². The van der Waals surface area contributed by atoms with Crippen LogP contribution in [0.2, 0.25) is 0 Å². The fraction of sp³-hybridized carbons (Fsp3) is 0.929. The molecule has 6 nitrogen and oxygen atoms in total. The van der Waals surface area contributed by atoms with E-state index in [1.807, 2.05) is 13.8 Å². The Morgan fingerprint density at radius 2 is 1.76 bits per heavy atom. The van der Waals surface area contributed by atoms with Crippen molar-refractivity contribution in [2.75, 3.05) is 19.6 Å². The molecule has 1 atom stereocenters. The van der Waals surface area contributed by atoms with Crippen molar-refractivity contribution >= 4 is 16.2 Å². The van der Waals surface area contributed by atoms with Crippen molar-refractivity contribution in [2.24, 2.45) is 11.3 Å². The van der Waals surface area contributed by atoms with Crippen LogP contribution in [0.25, 0.3) is 0 Å². The maximum atomic E-state index is 12.8. The molecule has 2 aliphatic heterocycles. The summed E-state index contributed by atoms with van der Waals surface area (Å²) in [5, 5.41) is 9.52. The van der Waals surface area contributed by atoms with Gasteiger partial charge < -0.3 is 5.11 Å². The molecule has 0 saturated carbocycles. The van der Waals surface area contributed by atoms with Crippen molar-refractivity contribution in [1.29, 1.82) is 0 Å². The van der Waals surface area contributed by atoms with Crippen LogP contribution in [0.3, 0.4) is 0 Å². The highest BCUT2D eigenvalue weighted by atomic mass is 32.2. The maximum absolute atomic E-state index is 12.8. The van der Waals surface area contributed by atoms with Gasteiger partial charge in [-0.25, -0.2) is 0 Å². The smallest absolute Gasteiger partial charge is 0.322 e. The number of hydrogen-bond acceptors (Lipinski definition) is 3. The van der Waals surface area contributed by atoms with E-state index in [0.717, 1.165) is 19.3 Å². The summed E-state index contributed by atoms with van der Waals surface area (Å²) in [6, 6.07) is -0.976. The van der Waals surface area contributed by atoms with Crippen LogP contribution in [-0.4, -0.2) is 53.8 Å². The van der Waals surface area contributed by atoms with E-state index in [2.05, 4.69) is 6.92 Å². The molecular formula is C14H26N2O4S. The van der Waals surface area contributed by atoms with E-state index >= 15 is 0 Å². The Kier molecular flexibility index (Phi) is 4.66. The van der Waals surface area contributed by atoms with Crippen LogP contribution in [0, 0.1) is 11.3 Å². The molecule has 0 aliphatic carbocycles. The molecule has 0 aromatic carbocycles. The van der Waals surface area contributed by atoms with Gasteiger partial charge >= 0.3 is 5.97 Å². The molecular weight excluding hydrogens is 292 g/mol. The third-order valence-corrected chi connectivity index (χ3v) is 6.83. The summed E-state index contributed by atoms with van der Waals surface area (Å²) < 4.78 is 28.4. The second-order valence-electron chi connectivity index (χ2n) is 7.03. The average molecular weight is 318 g/mol. The van der Waals surface area contributed by atoms with Crippen molar-refractivity contribution in [1.82, 2.24) is 8.61 Å². The van der Waals surface area contributed by atoms with Crippen LogP contribution in [0.15, 0.2) is 0 Å². The molecule has 2 rings (SSSR count). The third kappa shape index (κ3) is 3.24. The van der Waals surface area contributed by atoms with Crippen molar-refractivity contribution in [2.45, 2.75) is 52.5 Å². The van der Waals surface area contributed by atoms with E-state index in [-0.39, 0.29) is 0 Å². The van der Waals surface area contributed by atoms with Crippen molar-refractivity contribution in [3.63, 3.8) is 0 Å². The zero-order valence-electron chi connectivity index (χ0n) is 13.1. The first kappa shape index (κ1) is 16.7. The highest BCUT2D eigenvalue weighted by Crippen LogP contribution is 2.37. The van der Waals surface area contributed by atoms with Gasteiger partial charge in [0.1, 0.15) is 6.04 Å². The topological polar surface area (TPSA) is 77.9 Å². The Hall–Kier alpha value is -0.660. The van der Waals surface area contributed by atoms with E-state index in [0.29, 0.717) is 32.0 Å². The van der Waals surface area contributed by atoms with E-state index < -0.39 is 27.6 Å². The van der Waals surface area contributed by atoms with Crippen LogP contribution in [0.5, 0.6) is 0 Å². The molecule has 0 aromatic rings. The fourth-order valence-corrected chi connectivity index (χ4v) is 5.39. The number of carboxylic acid groups (broad SMARTS) is 1. The average Bonchev–Trinajstić information content (AvgIpc) is 2.37. The zero-order chi connectivity index (χ0) is 15.8. The second-order valence-corrected chi connectivity index (χ2v) is 8.91. The van der Waals surface area contributed by atoms with E-state index in [1.165, 1.54) is 8.61 Å². The van der Waals surface area contributed by atoms with Crippen molar-refractivity contribution in [3.05, 3.63) is 0 Å². The van der Waals surface area contributed by atoms with E-state index in [9.17, 15) is 18.3 Å². The van der Waals surface area contributed by atoms with Gasteiger partial charge in [0.25, 0.3) is 10.2 Å². The van der Waals surface area contributed by atoms with E-state index in [4.69, 9.17) is 0 Å². The molecule has 0 bridgehead atoms. The van der Waals surface area contributed by atoms with Crippen LogP contribution in [0.1, 0.15) is 46.5 Å². The number of piperidine rings is 2. The summed E-state index contributed by atoms with van der Waals surface area (Å²) in [5.41, 5.74) is -0.541. The molecule has 21 heavy (non-hydrogen) atoms.